The average Bonchev–Trinajstić information content (AvgIpc) is 3.84. The Labute approximate surface area is 242 Å². The molecule has 4 aromatic carbocycles. The van der Waals surface area contributed by atoms with Crippen LogP contribution in [-0.2, 0) is 18.9 Å². The van der Waals surface area contributed by atoms with Crippen LogP contribution in [0, 0.1) is 0 Å². The van der Waals surface area contributed by atoms with Crippen molar-refractivity contribution in [2.24, 2.45) is 5.84 Å². The van der Waals surface area contributed by atoms with Crippen molar-refractivity contribution in [2.45, 2.75) is 24.4 Å². The minimum Gasteiger partial charge on any atom is -0.491 e. The Kier molecular flexibility index (Phi) is 6.65. The second kappa shape index (κ2) is 10.8. The quantitative estimate of drug-likeness (QED) is 0.134. The number of epoxide rings is 4. The van der Waals surface area contributed by atoms with Crippen molar-refractivity contribution in [3.05, 3.63) is 60.7 Å². The Morgan fingerprint density at radius 2 is 0.905 bits per heavy atom. The van der Waals surface area contributed by atoms with Gasteiger partial charge in [-0.3, -0.25) is 5.01 Å². The number of hydrazine groups is 1. The summed E-state index contributed by atoms with van der Waals surface area (Å²) < 4.78 is 46.2. The molecule has 4 atom stereocenters. The van der Waals surface area contributed by atoms with Gasteiger partial charge in [0.1, 0.15) is 85.2 Å². The molecule has 0 aromatic heterocycles. The zero-order chi connectivity index (χ0) is 28.0. The smallest absolute Gasteiger partial charge is 0.145 e. The largest absolute Gasteiger partial charge is 0.491 e. The zero-order valence-corrected chi connectivity index (χ0v) is 23.0. The van der Waals surface area contributed by atoms with E-state index in [1.54, 1.807) is 5.01 Å². The van der Waals surface area contributed by atoms with E-state index < -0.39 is 0 Å². The molecule has 4 saturated heterocycles. The van der Waals surface area contributed by atoms with Gasteiger partial charge >= 0.3 is 0 Å². The van der Waals surface area contributed by atoms with E-state index in [1.165, 1.54) is 0 Å². The van der Waals surface area contributed by atoms with Crippen molar-refractivity contribution in [3.8, 4) is 23.0 Å². The van der Waals surface area contributed by atoms with E-state index in [-0.39, 0.29) is 24.4 Å². The minimum atomic E-state index is 0.0816. The first-order valence-corrected chi connectivity index (χ1v) is 14.3. The highest BCUT2D eigenvalue weighted by Crippen LogP contribution is 2.46. The summed E-state index contributed by atoms with van der Waals surface area (Å²) in [5, 5.41) is 5.42. The molecule has 0 radical (unpaired) electrons. The summed E-state index contributed by atoms with van der Waals surface area (Å²) >= 11 is 0. The second-order valence-corrected chi connectivity index (χ2v) is 11.0. The number of nitrogens with two attached hydrogens (primary N) is 1. The number of ether oxygens (including phenoxy) is 8. The van der Waals surface area contributed by atoms with Crippen LogP contribution < -0.4 is 29.8 Å². The maximum atomic E-state index is 7.15. The number of hydrogen-bond donors (Lipinski definition) is 1. The zero-order valence-electron chi connectivity index (χ0n) is 23.0. The normalized spacial score (nSPS) is 23.5. The first kappa shape index (κ1) is 25.9. The second-order valence-electron chi connectivity index (χ2n) is 11.0. The number of benzene rings is 4. The molecule has 4 aromatic rings. The van der Waals surface area contributed by atoms with Gasteiger partial charge < -0.3 is 37.9 Å². The maximum absolute atomic E-state index is 7.15. The number of hydrogen-bond acceptors (Lipinski definition) is 10. The molecular formula is C32H32N2O8. The molecule has 0 amide bonds. The van der Waals surface area contributed by atoms with Crippen molar-refractivity contribution < 1.29 is 37.9 Å². The van der Waals surface area contributed by atoms with Crippen molar-refractivity contribution in [1.29, 1.82) is 0 Å². The molecule has 0 spiro atoms. The Morgan fingerprint density at radius 1 is 0.548 bits per heavy atom. The standard InChI is InChI=1S/C32H32N2O8/c33-34(31-27-9-21(35-11-23-13-37-23)5-1-19(27)3-7-29(31)41-17-25-15-39-25)32-28-10-22(36-12-24-14-38-24)6-2-20(28)4-8-30(32)42-18-26-16-40-26/h1-10,23-26H,11-18,33H2. The van der Waals surface area contributed by atoms with Gasteiger partial charge in [0, 0.05) is 10.8 Å². The monoisotopic (exact) mass is 572 g/mol. The summed E-state index contributed by atoms with van der Waals surface area (Å²) in [6, 6.07) is 19.9. The number of nitrogens with zero attached hydrogens (tertiary/aromatic N) is 1. The number of anilines is 2. The Bertz CT molecular complexity index is 1480. The lowest BCUT2D eigenvalue weighted by Gasteiger charge is -2.27. The molecule has 4 fully saturated rings. The van der Waals surface area contributed by atoms with Crippen LogP contribution in [0.2, 0.25) is 0 Å². The van der Waals surface area contributed by atoms with E-state index >= 15 is 0 Å². The van der Waals surface area contributed by atoms with Crippen LogP contribution in [0.3, 0.4) is 0 Å². The summed E-state index contributed by atoms with van der Waals surface area (Å²) in [5.41, 5.74) is 1.39. The Hall–Kier alpha value is -3.80. The molecule has 10 heteroatoms. The molecule has 4 aliphatic heterocycles. The summed E-state index contributed by atoms with van der Waals surface area (Å²) in [7, 11) is 0. The molecule has 10 nitrogen and oxygen atoms in total. The van der Waals surface area contributed by atoms with Gasteiger partial charge in [-0.15, -0.1) is 0 Å². The van der Waals surface area contributed by atoms with Crippen LogP contribution in [0.5, 0.6) is 23.0 Å². The molecule has 0 bridgehead atoms. The molecule has 218 valence electrons. The van der Waals surface area contributed by atoms with Gasteiger partial charge in [0.2, 0.25) is 0 Å². The predicted molar refractivity (Wildman–Crippen MR) is 155 cm³/mol. The lowest BCUT2D eigenvalue weighted by Crippen LogP contribution is -2.27. The first-order chi connectivity index (χ1) is 20.7. The lowest BCUT2D eigenvalue weighted by atomic mass is 10.0. The van der Waals surface area contributed by atoms with Gasteiger partial charge in [0.25, 0.3) is 0 Å². The van der Waals surface area contributed by atoms with Gasteiger partial charge in [-0.25, -0.2) is 5.84 Å². The van der Waals surface area contributed by atoms with Crippen molar-refractivity contribution in [1.82, 2.24) is 0 Å². The topological polar surface area (TPSA) is 116 Å². The lowest BCUT2D eigenvalue weighted by molar-refractivity contribution is 0.262. The summed E-state index contributed by atoms with van der Waals surface area (Å²) in [6.45, 7) is 4.70. The van der Waals surface area contributed by atoms with Gasteiger partial charge in [0.05, 0.1) is 26.4 Å². The highest BCUT2D eigenvalue weighted by atomic mass is 16.6. The van der Waals surface area contributed by atoms with Crippen LogP contribution in [0.15, 0.2) is 60.7 Å². The molecular weight excluding hydrogens is 540 g/mol. The highest BCUT2D eigenvalue weighted by molar-refractivity contribution is 6.05. The van der Waals surface area contributed by atoms with Crippen LogP contribution in [0.25, 0.3) is 21.5 Å². The molecule has 4 unspecified atom stereocenters. The van der Waals surface area contributed by atoms with E-state index in [4.69, 9.17) is 43.7 Å². The predicted octanol–water partition coefficient (Wildman–Crippen LogP) is 4.12. The molecule has 8 rings (SSSR count). The van der Waals surface area contributed by atoms with E-state index in [0.717, 1.165) is 46.3 Å². The highest BCUT2D eigenvalue weighted by Gasteiger charge is 2.29. The fourth-order valence-corrected chi connectivity index (χ4v) is 4.95. The van der Waals surface area contributed by atoms with Gasteiger partial charge in [-0.1, -0.05) is 24.3 Å². The van der Waals surface area contributed by atoms with Crippen LogP contribution in [0.1, 0.15) is 0 Å². The third kappa shape index (κ3) is 5.77. The van der Waals surface area contributed by atoms with E-state index in [0.29, 0.717) is 62.5 Å². The van der Waals surface area contributed by atoms with Crippen molar-refractivity contribution in [3.63, 3.8) is 0 Å². The van der Waals surface area contributed by atoms with E-state index in [1.807, 2.05) is 60.7 Å². The number of rotatable bonds is 14. The van der Waals surface area contributed by atoms with Crippen molar-refractivity contribution in [2.75, 3.05) is 57.9 Å². The third-order valence-corrected chi connectivity index (χ3v) is 7.67. The Morgan fingerprint density at radius 3 is 1.29 bits per heavy atom. The fraction of sp³-hybridized carbons (Fsp3) is 0.375. The molecule has 0 saturated carbocycles. The third-order valence-electron chi connectivity index (χ3n) is 7.67. The summed E-state index contributed by atoms with van der Waals surface area (Å²) in [6.07, 6.45) is 0.456. The van der Waals surface area contributed by atoms with E-state index in [9.17, 15) is 0 Å². The SMILES string of the molecule is NN(c1c(OCC2CO2)ccc2ccc(OCC3CO3)cc12)c1c(OCC2CO2)ccc2ccc(OCC3CO3)cc12. The van der Waals surface area contributed by atoms with Gasteiger partial charge in [-0.05, 0) is 47.2 Å². The van der Waals surface area contributed by atoms with Crippen LogP contribution >= 0.6 is 0 Å². The molecule has 4 aliphatic rings. The van der Waals surface area contributed by atoms with Crippen molar-refractivity contribution >= 4 is 32.9 Å². The summed E-state index contributed by atoms with van der Waals surface area (Å²) in [5.74, 6) is 9.88. The van der Waals surface area contributed by atoms with Crippen LogP contribution in [-0.4, -0.2) is 77.3 Å². The number of fused-ring (bicyclic) bond motifs is 2. The molecule has 4 heterocycles. The Balaban J connectivity index is 1.24. The fourth-order valence-electron chi connectivity index (χ4n) is 4.95. The summed E-state index contributed by atoms with van der Waals surface area (Å²) in [4.78, 5) is 0. The molecule has 2 N–H and O–H groups in total. The molecule has 42 heavy (non-hydrogen) atoms. The van der Waals surface area contributed by atoms with Crippen LogP contribution in [0.4, 0.5) is 11.4 Å². The van der Waals surface area contributed by atoms with Gasteiger partial charge in [-0.2, -0.15) is 0 Å². The first-order valence-electron chi connectivity index (χ1n) is 14.3. The van der Waals surface area contributed by atoms with E-state index in [2.05, 4.69) is 0 Å². The minimum absolute atomic E-state index is 0.0816. The average molecular weight is 573 g/mol. The molecule has 0 aliphatic carbocycles. The maximum Gasteiger partial charge on any atom is 0.145 e. The van der Waals surface area contributed by atoms with Gasteiger partial charge in [0.15, 0.2) is 0 Å².